The molecular weight excluding hydrogens is 275 g/mol. The van der Waals surface area contributed by atoms with Gasteiger partial charge in [0, 0.05) is 13.2 Å². The molecule has 114 valence electrons. The third kappa shape index (κ3) is 2.45. The number of hydrogen-bond acceptors (Lipinski definition) is 4. The number of carbonyl (C=O) groups is 1. The fourth-order valence-corrected chi connectivity index (χ4v) is 3.39. The maximum atomic E-state index is 13.4. The largest absolute Gasteiger partial charge is 0.469 e. The molecule has 0 N–H and O–H groups in total. The van der Waals surface area contributed by atoms with E-state index in [1.807, 2.05) is 0 Å². The molecule has 4 nitrogen and oxygen atoms in total. The van der Waals surface area contributed by atoms with Crippen LogP contribution in [-0.4, -0.2) is 32.9 Å². The molecule has 0 saturated carbocycles. The molecule has 0 unspecified atom stereocenters. The number of methoxy groups -OCH3 is 1. The lowest BCUT2D eigenvalue weighted by Gasteiger charge is -2.42. The van der Waals surface area contributed by atoms with Gasteiger partial charge in [-0.05, 0) is 42.5 Å². The van der Waals surface area contributed by atoms with Gasteiger partial charge in [-0.3, -0.25) is 4.79 Å². The summed E-state index contributed by atoms with van der Waals surface area (Å²) in [6, 6.07) is 4.69. The number of ether oxygens (including phenoxy) is 3. The van der Waals surface area contributed by atoms with Gasteiger partial charge in [0.15, 0.2) is 0 Å². The van der Waals surface area contributed by atoms with Gasteiger partial charge in [-0.2, -0.15) is 0 Å². The minimum Gasteiger partial charge on any atom is -0.469 e. The third-order valence-corrected chi connectivity index (χ3v) is 4.52. The Bertz CT molecular complexity index is 537. The summed E-state index contributed by atoms with van der Waals surface area (Å²) in [5.74, 6) is -0.526. The zero-order valence-corrected chi connectivity index (χ0v) is 12.1. The highest BCUT2D eigenvalue weighted by atomic mass is 19.1. The minimum absolute atomic E-state index is 0.256. The number of carbonyl (C=O) groups excluding carboxylic acids is 1. The zero-order chi connectivity index (χ0) is 14.9. The van der Waals surface area contributed by atoms with Crippen LogP contribution < -0.4 is 0 Å². The van der Waals surface area contributed by atoms with E-state index in [2.05, 4.69) is 0 Å². The first-order valence-corrected chi connectivity index (χ1v) is 7.23. The fraction of sp³-hybridized carbons (Fsp3) is 0.562. The van der Waals surface area contributed by atoms with E-state index in [1.54, 1.807) is 6.07 Å². The molecule has 0 radical (unpaired) electrons. The second-order valence-electron chi connectivity index (χ2n) is 5.60. The summed E-state index contributed by atoms with van der Waals surface area (Å²) in [5, 5.41) is 0. The lowest BCUT2D eigenvalue weighted by Crippen LogP contribution is -2.45. The average molecular weight is 294 g/mol. The molecule has 1 atom stereocenters. The van der Waals surface area contributed by atoms with Crippen molar-refractivity contribution in [3.8, 4) is 0 Å². The van der Waals surface area contributed by atoms with Crippen molar-refractivity contribution in [3.05, 3.63) is 35.1 Å². The van der Waals surface area contributed by atoms with Crippen molar-refractivity contribution in [1.29, 1.82) is 0 Å². The van der Waals surface area contributed by atoms with E-state index in [0.29, 0.717) is 39.1 Å². The quantitative estimate of drug-likeness (QED) is 0.786. The molecule has 0 aliphatic carbocycles. The van der Waals surface area contributed by atoms with Crippen LogP contribution in [0.15, 0.2) is 18.2 Å². The molecule has 1 aromatic rings. The number of halogens is 1. The first kappa shape index (κ1) is 14.5. The van der Waals surface area contributed by atoms with Crippen molar-refractivity contribution in [1.82, 2.24) is 0 Å². The van der Waals surface area contributed by atoms with Crippen LogP contribution in [0.1, 0.15) is 30.1 Å². The van der Waals surface area contributed by atoms with Gasteiger partial charge >= 0.3 is 5.97 Å². The summed E-state index contributed by atoms with van der Waals surface area (Å²) in [6.45, 7) is 1.50. The number of fused-ring (bicyclic) bond motifs is 1. The summed E-state index contributed by atoms with van der Waals surface area (Å²) in [7, 11) is 1.40. The lowest BCUT2D eigenvalue weighted by atomic mass is 9.71. The van der Waals surface area contributed by atoms with E-state index in [0.717, 1.165) is 11.1 Å². The molecule has 0 aromatic heterocycles. The molecule has 2 aliphatic rings. The lowest BCUT2D eigenvalue weighted by molar-refractivity contribution is -0.176. The molecular formula is C16H19FO4. The summed E-state index contributed by atoms with van der Waals surface area (Å²) in [4.78, 5) is 12.4. The molecule has 0 spiro atoms. The van der Waals surface area contributed by atoms with Gasteiger partial charge in [0.05, 0.1) is 19.8 Å². The molecule has 21 heavy (non-hydrogen) atoms. The Labute approximate surface area is 123 Å². The van der Waals surface area contributed by atoms with Gasteiger partial charge in [-0.25, -0.2) is 4.39 Å². The van der Waals surface area contributed by atoms with Crippen LogP contribution in [0, 0.1) is 11.2 Å². The van der Waals surface area contributed by atoms with Crippen LogP contribution in [0.25, 0.3) is 0 Å². The van der Waals surface area contributed by atoms with Gasteiger partial charge in [-0.15, -0.1) is 0 Å². The Morgan fingerprint density at radius 3 is 2.81 bits per heavy atom. The zero-order valence-electron chi connectivity index (χ0n) is 12.1. The molecule has 1 fully saturated rings. The van der Waals surface area contributed by atoms with Crippen molar-refractivity contribution in [2.45, 2.75) is 25.4 Å². The van der Waals surface area contributed by atoms with Crippen molar-refractivity contribution in [2.24, 2.45) is 5.41 Å². The molecule has 3 rings (SSSR count). The Balaban J connectivity index is 2.03. The first-order valence-electron chi connectivity index (χ1n) is 7.23. The highest BCUT2D eigenvalue weighted by Crippen LogP contribution is 2.48. The van der Waals surface area contributed by atoms with E-state index in [4.69, 9.17) is 14.2 Å². The van der Waals surface area contributed by atoms with Crippen molar-refractivity contribution in [2.75, 3.05) is 26.9 Å². The monoisotopic (exact) mass is 294 g/mol. The van der Waals surface area contributed by atoms with E-state index in [-0.39, 0.29) is 11.8 Å². The number of esters is 1. The Morgan fingerprint density at radius 2 is 2.10 bits per heavy atom. The molecule has 5 heteroatoms. The van der Waals surface area contributed by atoms with Gasteiger partial charge in [0.25, 0.3) is 0 Å². The maximum absolute atomic E-state index is 13.4. The van der Waals surface area contributed by atoms with Crippen LogP contribution >= 0.6 is 0 Å². The van der Waals surface area contributed by atoms with Gasteiger partial charge < -0.3 is 14.2 Å². The van der Waals surface area contributed by atoms with E-state index >= 15 is 0 Å². The SMILES string of the molecule is COC(=O)C1([C@@H]2OCCc3cc(F)ccc32)CCOCC1. The average Bonchev–Trinajstić information content (AvgIpc) is 2.53. The van der Waals surface area contributed by atoms with Crippen LogP contribution in [0.2, 0.25) is 0 Å². The summed E-state index contributed by atoms with van der Waals surface area (Å²) in [5.41, 5.74) is 1.08. The van der Waals surface area contributed by atoms with E-state index in [9.17, 15) is 9.18 Å². The summed E-state index contributed by atoms with van der Waals surface area (Å²) in [6.07, 6.45) is 1.39. The fourth-order valence-electron chi connectivity index (χ4n) is 3.39. The van der Waals surface area contributed by atoms with E-state index < -0.39 is 11.5 Å². The highest BCUT2D eigenvalue weighted by Gasteiger charge is 2.50. The van der Waals surface area contributed by atoms with Gasteiger partial charge in [0.1, 0.15) is 11.2 Å². The van der Waals surface area contributed by atoms with Crippen molar-refractivity contribution < 1.29 is 23.4 Å². The Morgan fingerprint density at radius 1 is 1.33 bits per heavy atom. The number of rotatable bonds is 2. The first-order chi connectivity index (χ1) is 10.2. The molecule has 0 bridgehead atoms. The normalized spacial score (nSPS) is 24.2. The Kier molecular flexibility index (Phi) is 3.95. The standard InChI is InChI=1S/C16H19FO4/c1-19-15(18)16(5-8-20-9-6-16)14-13-3-2-12(17)10-11(13)4-7-21-14/h2-3,10,14H,4-9H2,1H3/t14-/m1/s1. The predicted octanol–water partition coefficient (Wildman–Crippen LogP) is 2.41. The van der Waals surface area contributed by atoms with Crippen LogP contribution in [0.3, 0.4) is 0 Å². The van der Waals surface area contributed by atoms with Gasteiger partial charge in [0.2, 0.25) is 0 Å². The molecule has 2 heterocycles. The maximum Gasteiger partial charge on any atom is 0.314 e. The molecule has 0 amide bonds. The molecule has 2 aliphatic heterocycles. The smallest absolute Gasteiger partial charge is 0.314 e. The molecule has 1 saturated heterocycles. The van der Waals surface area contributed by atoms with Gasteiger partial charge in [-0.1, -0.05) is 6.07 Å². The number of benzene rings is 1. The van der Waals surface area contributed by atoms with Crippen LogP contribution in [-0.2, 0) is 25.4 Å². The third-order valence-electron chi connectivity index (χ3n) is 4.52. The van der Waals surface area contributed by atoms with Crippen LogP contribution in [0.4, 0.5) is 4.39 Å². The van der Waals surface area contributed by atoms with E-state index in [1.165, 1.54) is 19.2 Å². The number of hydrogen-bond donors (Lipinski definition) is 0. The minimum atomic E-state index is -0.736. The Hall–Kier alpha value is -1.46. The van der Waals surface area contributed by atoms with Crippen molar-refractivity contribution >= 4 is 5.97 Å². The topological polar surface area (TPSA) is 44.8 Å². The predicted molar refractivity (Wildman–Crippen MR) is 73.3 cm³/mol. The van der Waals surface area contributed by atoms with Crippen molar-refractivity contribution in [3.63, 3.8) is 0 Å². The van der Waals surface area contributed by atoms with Crippen LogP contribution in [0.5, 0.6) is 0 Å². The summed E-state index contributed by atoms with van der Waals surface area (Å²) < 4.78 is 29.8. The highest BCUT2D eigenvalue weighted by molar-refractivity contribution is 5.78. The second kappa shape index (κ2) is 5.73. The second-order valence-corrected chi connectivity index (χ2v) is 5.60. The molecule has 1 aromatic carbocycles. The summed E-state index contributed by atoms with van der Waals surface area (Å²) >= 11 is 0.